The maximum absolute atomic E-state index is 12.6. The van der Waals surface area contributed by atoms with Gasteiger partial charge < -0.3 is 9.64 Å². The van der Waals surface area contributed by atoms with Gasteiger partial charge >= 0.3 is 0 Å². The number of methoxy groups -OCH3 is 1. The number of nitrogens with zero attached hydrogens (tertiary/aromatic N) is 2. The van der Waals surface area contributed by atoms with E-state index in [-0.39, 0.29) is 49.6 Å². The van der Waals surface area contributed by atoms with Crippen LogP contribution in [0.5, 0.6) is 5.75 Å². The molecule has 0 saturated carbocycles. The van der Waals surface area contributed by atoms with Crippen LogP contribution in [0.25, 0.3) is 0 Å². The van der Waals surface area contributed by atoms with Crippen LogP contribution in [0.1, 0.15) is 44.7 Å². The van der Waals surface area contributed by atoms with Gasteiger partial charge in [-0.05, 0) is 31.5 Å². The fourth-order valence-corrected chi connectivity index (χ4v) is 2.97. The van der Waals surface area contributed by atoms with Gasteiger partial charge in [-0.3, -0.25) is 19.3 Å². The van der Waals surface area contributed by atoms with E-state index in [1.54, 1.807) is 12.0 Å². The van der Waals surface area contributed by atoms with Crippen LogP contribution in [0.15, 0.2) is 24.3 Å². The van der Waals surface area contributed by atoms with E-state index < -0.39 is 0 Å². The Bertz CT molecular complexity index is 613. The lowest BCUT2D eigenvalue weighted by Crippen LogP contribution is -2.37. The predicted molar refractivity (Wildman–Crippen MR) is 89.4 cm³/mol. The summed E-state index contributed by atoms with van der Waals surface area (Å²) in [4.78, 5) is 38.8. The number of rotatable bonds is 7. The lowest BCUT2D eigenvalue weighted by Gasteiger charge is -2.29. The van der Waals surface area contributed by atoms with Crippen molar-refractivity contribution < 1.29 is 19.1 Å². The molecule has 1 heterocycles. The highest BCUT2D eigenvalue weighted by molar-refractivity contribution is 6.02. The second kappa shape index (κ2) is 7.95. The molecular weight excluding hydrogens is 308 g/mol. The molecule has 1 fully saturated rings. The number of carbonyl (C=O) groups excluding carboxylic acids is 3. The van der Waals surface area contributed by atoms with Crippen LogP contribution in [0, 0.1) is 0 Å². The minimum Gasteiger partial charge on any atom is -0.497 e. The number of hydrogen-bond donors (Lipinski definition) is 0. The molecule has 0 bridgehead atoms. The Balaban J connectivity index is 2.02. The van der Waals surface area contributed by atoms with Gasteiger partial charge in [-0.1, -0.05) is 12.1 Å². The third kappa shape index (κ3) is 3.93. The first-order valence-electron chi connectivity index (χ1n) is 8.24. The molecule has 0 radical (unpaired) electrons. The van der Waals surface area contributed by atoms with Crippen molar-refractivity contribution in [3.63, 3.8) is 0 Å². The number of imide groups is 1. The van der Waals surface area contributed by atoms with Crippen LogP contribution >= 0.6 is 0 Å². The van der Waals surface area contributed by atoms with Crippen LogP contribution < -0.4 is 4.74 Å². The molecular formula is C18H24N2O4. The van der Waals surface area contributed by atoms with E-state index in [0.29, 0.717) is 6.54 Å². The Morgan fingerprint density at radius 1 is 1.29 bits per heavy atom. The zero-order chi connectivity index (χ0) is 17.7. The summed E-state index contributed by atoms with van der Waals surface area (Å²) in [6.07, 6.45) is 0.662. The highest BCUT2D eigenvalue weighted by Gasteiger charge is 2.30. The van der Waals surface area contributed by atoms with Crippen LogP contribution in [0.3, 0.4) is 0 Å². The van der Waals surface area contributed by atoms with E-state index in [4.69, 9.17) is 4.74 Å². The zero-order valence-corrected chi connectivity index (χ0v) is 14.4. The fraction of sp³-hybridized carbons (Fsp3) is 0.500. The Morgan fingerprint density at radius 2 is 1.96 bits per heavy atom. The number of benzene rings is 1. The van der Waals surface area contributed by atoms with Gasteiger partial charge in [0.25, 0.3) is 0 Å². The second-order valence-corrected chi connectivity index (χ2v) is 5.82. The molecule has 1 aromatic rings. The first-order valence-corrected chi connectivity index (χ1v) is 8.24. The molecule has 6 nitrogen and oxygen atoms in total. The largest absolute Gasteiger partial charge is 0.497 e. The Labute approximate surface area is 142 Å². The van der Waals surface area contributed by atoms with Crippen LogP contribution in [0.2, 0.25) is 0 Å². The number of carbonyl (C=O) groups is 3. The molecule has 0 spiro atoms. The number of likely N-dealkylation sites (tertiary alicyclic amines) is 1. The monoisotopic (exact) mass is 332 g/mol. The molecule has 6 heteroatoms. The van der Waals surface area contributed by atoms with Gasteiger partial charge in [-0.15, -0.1) is 0 Å². The van der Waals surface area contributed by atoms with Crippen LogP contribution in [0.4, 0.5) is 0 Å². The molecule has 1 aliphatic rings. The minimum atomic E-state index is -0.184. The summed E-state index contributed by atoms with van der Waals surface area (Å²) in [5, 5.41) is 0. The average molecular weight is 332 g/mol. The lowest BCUT2D eigenvalue weighted by molar-refractivity contribution is -0.139. The Morgan fingerprint density at radius 3 is 2.54 bits per heavy atom. The van der Waals surface area contributed by atoms with Crippen LogP contribution in [-0.4, -0.2) is 47.7 Å². The molecule has 0 aliphatic carbocycles. The standard InChI is InChI=1S/C18H24N2O4/c1-4-19(13(2)14-6-5-7-15(12-14)24-3)18(23)10-11-20-16(21)8-9-17(20)22/h5-7,12-13H,4,8-11H2,1-3H3. The molecule has 1 aromatic carbocycles. The van der Waals surface area contributed by atoms with E-state index in [1.165, 1.54) is 4.90 Å². The maximum atomic E-state index is 12.6. The highest BCUT2D eigenvalue weighted by atomic mass is 16.5. The van der Waals surface area contributed by atoms with Crippen molar-refractivity contribution in [1.82, 2.24) is 9.80 Å². The summed E-state index contributed by atoms with van der Waals surface area (Å²) in [7, 11) is 1.61. The summed E-state index contributed by atoms with van der Waals surface area (Å²) in [6.45, 7) is 4.60. The quantitative estimate of drug-likeness (QED) is 0.718. The van der Waals surface area contributed by atoms with E-state index in [2.05, 4.69) is 0 Å². The topological polar surface area (TPSA) is 66.9 Å². The molecule has 0 N–H and O–H groups in total. The third-order valence-corrected chi connectivity index (χ3v) is 4.41. The normalized spacial score (nSPS) is 15.5. The second-order valence-electron chi connectivity index (χ2n) is 5.82. The van der Waals surface area contributed by atoms with Crippen molar-refractivity contribution in [3.05, 3.63) is 29.8 Å². The zero-order valence-electron chi connectivity index (χ0n) is 14.4. The van der Waals surface area contributed by atoms with E-state index in [9.17, 15) is 14.4 Å². The summed E-state index contributed by atoms with van der Waals surface area (Å²) in [5.74, 6) is 0.310. The molecule has 2 rings (SSSR count). The summed E-state index contributed by atoms with van der Waals surface area (Å²) >= 11 is 0. The molecule has 130 valence electrons. The fourth-order valence-electron chi connectivity index (χ4n) is 2.97. The average Bonchev–Trinajstić information content (AvgIpc) is 2.91. The summed E-state index contributed by atoms with van der Waals surface area (Å²) < 4.78 is 5.23. The maximum Gasteiger partial charge on any atom is 0.229 e. The molecule has 1 unspecified atom stereocenters. The van der Waals surface area contributed by atoms with Crippen molar-refractivity contribution in [2.75, 3.05) is 20.2 Å². The van der Waals surface area contributed by atoms with Crippen molar-refractivity contribution in [2.45, 2.75) is 39.2 Å². The highest BCUT2D eigenvalue weighted by Crippen LogP contribution is 2.24. The van der Waals surface area contributed by atoms with Crippen molar-refractivity contribution in [3.8, 4) is 5.75 Å². The molecule has 3 amide bonds. The van der Waals surface area contributed by atoms with Gasteiger partial charge in [0.1, 0.15) is 5.75 Å². The molecule has 0 aromatic heterocycles. The van der Waals surface area contributed by atoms with Gasteiger partial charge in [0.15, 0.2) is 0 Å². The number of amides is 3. The first kappa shape index (κ1) is 18.0. The molecule has 24 heavy (non-hydrogen) atoms. The minimum absolute atomic E-state index is 0.0691. The van der Waals surface area contributed by atoms with E-state index >= 15 is 0 Å². The Hall–Kier alpha value is -2.37. The first-order chi connectivity index (χ1) is 11.5. The van der Waals surface area contributed by atoms with Crippen molar-refractivity contribution in [1.29, 1.82) is 0 Å². The van der Waals surface area contributed by atoms with Crippen LogP contribution in [-0.2, 0) is 14.4 Å². The van der Waals surface area contributed by atoms with Gasteiger partial charge in [0.2, 0.25) is 17.7 Å². The SMILES string of the molecule is CCN(C(=O)CCN1C(=O)CCC1=O)C(C)c1cccc(OC)c1. The predicted octanol–water partition coefficient (Wildman–Crippen LogP) is 2.14. The summed E-state index contributed by atoms with van der Waals surface area (Å²) in [5.41, 5.74) is 0.984. The number of ether oxygens (including phenoxy) is 1. The van der Waals surface area contributed by atoms with Gasteiger partial charge in [0.05, 0.1) is 13.2 Å². The third-order valence-electron chi connectivity index (χ3n) is 4.41. The lowest BCUT2D eigenvalue weighted by atomic mass is 10.1. The summed E-state index contributed by atoms with van der Waals surface area (Å²) in [6, 6.07) is 7.51. The smallest absolute Gasteiger partial charge is 0.229 e. The Kier molecular flexibility index (Phi) is 5.95. The molecule has 1 atom stereocenters. The van der Waals surface area contributed by atoms with Gasteiger partial charge in [0, 0.05) is 32.4 Å². The van der Waals surface area contributed by atoms with Crippen molar-refractivity contribution in [2.24, 2.45) is 0 Å². The molecule has 1 aliphatic heterocycles. The molecule has 1 saturated heterocycles. The van der Waals surface area contributed by atoms with E-state index in [0.717, 1.165) is 11.3 Å². The number of hydrogen-bond acceptors (Lipinski definition) is 4. The van der Waals surface area contributed by atoms with E-state index in [1.807, 2.05) is 38.1 Å². The van der Waals surface area contributed by atoms with Crippen molar-refractivity contribution >= 4 is 17.7 Å². The van der Waals surface area contributed by atoms with Gasteiger partial charge in [-0.2, -0.15) is 0 Å². The van der Waals surface area contributed by atoms with Gasteiger partial charge in [-0.25, -0.2) is 0 Å².